The molecule has 0 saturated heterocycles. The number of hydrogen-bond donors (Lipinski definition) is 1. The summed E-state index contributed by atoms with van der Waals surface area (Å²) in [6.45, 7) is 0.610. The van der Waals surface area contributed by atoms with Crippen molar-refractivity contribution in [2.75, 3.05) is 5.43 Å². The molecule has 1 N–H and O–H groups in total. The van der Waals surface area contributed by atoms with E-state index < -0.39 is 4.92 Å². The number of non-ortho nitro benzene ring substituents is 1. The normalized spacial score (nSPS) is 11.5. The monoisotopic (exact) mass is 399 g/mol. The quantitative estimate of drug-likeness (QED) is 0.153. The third-order valence-corrected chi connectivity index (χ3v) is 4.33. The topological polar surface area (TPSA) is 110 Å². The van der Waals surface area contributed by atoms with E-state index in [1.807, 2.05) is 59.2 Å². The number of nitro benzene ring substituents is 1. The number of nitro groups is 1. The first-order valence-electron chi connectivity index (χ1n) is 9.13. The maximum atomic E-state index is 10.8. The summed E-state index contributed by atoms with van der Waals surface area (Å²) in [7, 11) is 0. The van der Waals surface area contributed by atoms with Crippen LogP contribution in [0.3, 0.4) is 0 Å². The lowest BCUT2D eigenvalue weighted by Crippen LogP contribution is -1.98. The summed E-state index contributed by atoms with van der Waals surface area (Å²) in [4.78, 5) is 14.9. The largest absolute Gasteiger partial charge is 0.303 e. The molecule has 0 saturated carbocycles. The third-order valence-electron chi connectivity index (χ3n) is 4.33. The van der Waals surface area contributed by atoms with Crippen LogP contribution in [0, 0.1) is 10.1 Å². The van der Waals surface area contributed by atoms with Crippen molar-refractivity contribution >= 4 is 34.7 Å². The summed E-state index contributed by atoms with van der Waals surface area (Å²) in [6, 6.07) is 23.9. The van der Waals surface area contributed by atoms with E-state index in [4.69, 9.17) is 0 Å². The number of nitrogens with one attached hydrogen (secondary N) is 1. The van der Waals surface area contributed by atoms with Gasteiger partial charge in [0.1, 0.15) is 0 Å². The average molecular weight is 399 g/mol. The SMILES string of the molecule is O=[N+]([O-])c1cccc(NN=CN=Nc2nc3ccccc3n2Cc2ccccc2)c1. The van der Waals surface area contributed by atoms with E-state index in [9.17, 15) is 10.1 Å². The Hall–Kier alpha value is -4.40. The minimum absolute atomic E-state index is 0.0218. The van der Waals surface area contributed by atoms with Gasteiger partial charge in [0.25, 0.3) is 11.6 Å². The number of nitrogens with zero attached hydrogens (tertiary/aromatic N) is 6. The second kappa shape index (κ2) is 8.74. The van der Waals surface area contributed by atoms with Gasteiger partial charge in [-0.3, -0.25) is 15.5 Å². The highest BCUT2D eigenvalue weighted by atomic mass is 16.6. The van der Waals surface area contributed by atoms with Crippen molar-refractivity contribution in [3.05, 3.63) is 94.5 Å². The zero-order valence-electron chi connectivity index (χ0n) is 15.8. The van der Waals surface area contributed by atoms with E-state index in [1.165, 1.54) is 18.5 Å². The molecule has 9 nitrogen and oxygen atoms in total. The number of aromatic nitrogens is 2. The molecule has 0 unspecified atom stereocenters. The van der Waals surface area contributed by atoms with Crippen molar-refractivity contribution in [1.29, 1.82) is 0 Å². The van der Waals surface area contributed by atoms with Crippen molar-refractivity contribution in [2.45, 2.75) is 6.54 Å². The summed E-state index contributed by atoms with van der Waals surface area (Å²) in [5.41, 5.74) is 6.06. The fraction of sp³-hybridized carbons (Fsp3) is 0.0476. The second-order valence-corrected chi connectivity index (χ2v) is 6.35. The zero-order chi connectivity index (χ0) is 20.8. The van der Waals surface area contributed by atoms with Crippen LogP contribution in [-0.4, -0.2) is 20.8 Å². The van der Waals surface area contributed by atoms with Crippen molar-refractivity contribution in [3.63, 3.8) is 0 Å². The van der Waals surface area contributed by atoms with Gasteiger partial charge >= 0.3 is 0 Å². The van der Waals surface area contributed by atoms with E-state index in [0.29, 0.717) is 18.2 Å². The number of benzene rings is 3. The Balaban J connectivity index is 1.52. The van der Waals surface area contributed by atoms with Crippen molar-refractivity contribution in [1.82, 2.24) is 9.55 Å². The van der Waals surface area contributed by atoms with Crippen LogP contribution < -0.4 is 5.43 Å². The van der Waals surface area contributed by atoms with Gasteiger partial charge in [-0.05, 0) is 23.8 Å². The molecule has 1 heterocycles. The highest BCUT2D eigenvalue weighted by Crippen LogP contribution is 2.23. The van der Waals surface area contributed by atoms with Crippen LogP contribution in [0.15, 0.2) is 94.2 Å². The van der Waals surface area contributed by atoms with Gasteiger partial charge < -0.3 is 4.57 Å². The molecule has 0 spiro atoms. The highest BCUT2D eigenvalue weighted by molar-refractivity contribution is 5.78. The molecular formula is C21H17N7O2. The summed E-state index contributed by atoms with van der Waals surface area (Å²) < 4.78 is 1.98. The van der Waals surface area contributed by atoms with Gasteiger partial charge in [-0.2, -0.15) is 5.10 Å². The number of hydrazone groups is 1. The summed E-state index contributed by atoms with van der Waals surface area (Å²) in [6.07, 6.45) is 1.23. The highest BCUT2D eigenvalue weighted by Gasteiger charge is 2.10. The summed E-state index contributed by atoms with van der Waals surface area (Å²) in [5, 5.41) is 22.9. The van der Waals surface area contributed by atoms with E-state index in [-0.39, 0.29) is 5.69 Å². The number of imidazole rings is 1. The van der Waals surface area contributed by atoms with Crippen LogP contribution in [0.5, 0.6) is 0 Å². The minimum Gasteiger partial charge on any atom is -0.303 e. The molecule has 3 aromatic carbocycles. The predicted molar refractivity (Wildman–Crippen MR) is 115 cm³/mol. The third kappa shape index (κ3) is 4.36. The van der Waals surface area contributed by atoms with Crippen LogP contribution >= 0.6 is 0 Å². The molecule has 0 aliphatic rings. The molecule has 0 fully saturated rings. The minimum atomic E-state index is -0.466. The number of rotatable bonds is 7. The molecule has 148 valence electrons. The van der Waals surface area contributed by atoms with Gasteiger partial charge in [0.2, 0.25) is 0 Å². The smallest absolute Gasteiger partial charge is 0.271 e. The predicted octanol–water partition coefficient (Wildman–Crippen LogP) is 5.13. The molecule has 0 amide bonds. The van der Waals surface area contributed by atoms with Gasteiger partial charge in [-0.15, -0.1) is 10.2 Å². The van der Waals surface area contributed by atoms with Gasteiger partial charge in [0, 0.05) is 12.1 Å². The first-order chi connectivity index (χ1) is 14.7. The number of anilines is 1. The number of hydrogen-bond acceptors (Lipinski definition) is 6. The maximum absolute atomic E-state index is 10.8. The molecule has 0 bridgehead atoms. The molecule has 0 aliphatic carbocycles. The molecule has 0 radical (unpaired) electrons. The molecule has 0 aliphatic heterocycles. The van der Waals surface area contributed by atoms with Gasteiger partial charge in [0.15, 0.2) is 6.34 Å². The van der Waals surface area contributed by atoms with Crippen molar-refractivity contribution in [2.24, 2.45) is 15.3 Å². The van der Waals surface area contributed by atoms with E-state index in [1.54, 1.807) is 12.1 Å². The Morgan fingerprint density at radius 2 is 1.83 bits per heavy atom. The zero-order valence-corrected chi connectivity index (χ0v) is 15.8. The maximum Gasteiger partial charge on any atom is 0.271 e. The average Bonchev–Trinajstić information content (AvgIpc) is 3.12. The van der Waals surface area contributed by atoms with E-state index in [0.717, 1.165) is 16.6 Å². The van der Waals surface area contributed by atoms with Crippen molar-refractivity contribution < 1.29 is 4.92 Å². The Morgan fingerprint density at radius 3 is 2.67 bits per heavy atom. The number of azo groups is 1. The van der Waals surface area contributed by atoms with Crippen LogP contribution in [0.25, 0.3) is 11.0 Å². The number of fused-ring (bicyclic) bond motifs is 1. The molecule has 4 aromatic rings. The lowest BCUT2D eigenvalue weighted by molar-refractivity contribution is -0.384. The Morgan fingerprint density at radius 1 is 1.03 bits per heavy atom. The van der Waals surface area contributed by atoms with Gasteiger partial charge in [0.05, 0.1) is 28.2 Å². The first kappa shape index (κ1) is 18.9. The Bertz CT molecular complexity index is 1230. The van der Waals surface area contributed by atoms with Crippen LogP contribution in [0.1, 0.15) is 5.56 Å². The van der Waals surface area contributed by atoms with Crippen molar-refractivity contribution in [3.8, 4) is 0 Å². The molecule has 30 heavy (non-hydrogen) atoms. The van der Waals surface area contributed by atoms with Crippen LogP contribution in [0.2, 0.25) is 0 Å². The Kier molecular flexibility index (Phi) is 5.52. The molecular weight excluding hydrogens is 382 g/mol. The number of para-hydroxylation sites is 2. The second-order valence-electron chi connectivity index (χ2n) is 6.35. The Labute approximate surface area is 171 Å². The van der Waals surface area contributed by atoms with Crippen LogP contribution in [0.4, 0.5) is 17.3 Å². The van der Waals surface area contributed by atoms with E-state index in [2.05, 4.69) is 25.7 Å². The fourth-order valence-corrected chi connectivity index (χ4v) is 2.96. The molecule has 4 rings (SSSR count). The van der Waals surface area contributed by atoms with Gasteiger partial charge in [-0.25, -0.2) is 4.98 Å². The van der Waals surface area contributed by atoms with E-state index >= 15 is 0 Å². The lowest BCUT2D eigenvalue weighted by atomic mass is 10.2. The summed E-state index contributed by atoms with van der Waals surface area (Å²) >= 11 is 0. The first-order valence-corrected chi connectivity index (χ1v) is 9.13. The van der Waals surface area contributed by atoms with Crippen LogP contribution in [-0.2, 0) is 6.54 Å². The van der Waals surface area contributed by atoms with Gasteiger partial charge in [-0.1, -0.05) is 48.5 Å². The standard InChI is InChI=1S/C21H17N7O2/c29-28(30)18-10-6-9-17(13-18)25-22-15-23-26-21-24-19-11-4-5-12-20(19)27(21)14-16-7-2-1-3-8-16/h1-13,15,25H,14H2. The fourth-order valence-electron chi connectivity index (χ4n) is 2.96. The molecule has 1 aromatic heterocycles. The lowest BCUT2D eigenvalue weighted by Gasteiger charge is -2.06. The molecule has 0 atom stereocenters. The summed E-state index contributed by atoms with van der Waals surface area (Å²) in [5.74, 6) is 0.460. The molecule has 9 heteroatoms.